The van der Waals surface area contributed by atoms with E-state index in [9.17, 15) is 0 Å². The van der Waals surface area contributed by atoms with Crippen LogP contribution in [0.1, 0.15) is 25.5 Å². The Labute approximate surface area is 138 Å². The molecule has 1 aliphatic rings. The summed E-state index contributed by atoms with van der Waals surface area (Å²) in [5.41, 5.74) is 7.08. The molecule has 0 spiro atoms. The van der Waals surface area contributed by atoms with Crippen LogP contribution in [0.15, 0.2) is 12.1 Å². The second-order valence-electron chi connectivity index (χ2n) is 5.91. The molecule has 1 heterocycles. The van der Waals surface area contributed by atoms with Gasteiger partial charge in [0.05, 0.1) is 45.1 Å². The molecule has 1 fully saturated rings. The summed E-state index contributed by atoms with van der Waals surface area (Å²) in [7, 11) is 4.92. The fourth-order valence-electron chi connectivity index (χ4n) is 3.28. The number of rotatable bonds is 6. The lowest BCUT2D eigenvalue weighted by atomic mass is 10.0. The number of methoxy groups -OCH3 is 3. The van der Waals surface area contributed by atoms with Crippen molar-refractivity contribution in [2.75, 3.05) is 41.0 Å². The highest BCUT2D eigenvalue weighted by atomic mass is 16.5. The molecule has 0 bridgehead atoms. The van der Waals surface area contributed by atoms with Gasteiger partial charge in [-0.25, -0.2) is 0 Å². The molecular formula is C17H28N2O4. The van der Waals surface area contributed by atoms with E-state index in [0.717, 1.165) is 30.2 Å². The fourth-order valence-corrected chi connectivity index (χ4v) is 3.28. The molecule has 23 heavy (non-hydrogen) atoms. The minimum absolute atomic E-state index is 0.000365. The molecule has 0 saturated carbocycles. The van der Waals surface area contributed by atoms with Gasteiger partial charge in [0.15, 0.2) is 0 Å². The highest BCUT2D eigenvalue weighted by molar-refractivity contribution is 5.52. The Balaban J connectivity index is 2.43. The van der Waals surface area contributed by atoms with Gasteiger partial charge in [0, 0.05) is 31.8 Å². The Morgan fingerprint density at radius 2 is 1.61 bits per heavy atom. The molecule has 2 N–H and O–H groups in total. The molecule has 1 saturated heterocycles. The zero-order valence-corrected chi connectivity index (χ0v) is 14.7. The number of ether oxygens (including phenoxy) is 4. The number of nitrogens with two attached hydrogens (primary N) is 1. The maximum atomic E-state index is 6.12. The van der Waals surface area contributed by atoms with Crippen LogP contribution >= 0.6 is 0 Å². The number of morpholine rings is 1. The summed E-state index contributed by atoms with van der Waals surface area (Å²) >= 11 is 0. The quantitative estimate of drug-likeness (QED) is 0.861. The third-order valence-corrected chi connectivity index (χ3v) is 4.20. The Kier molecular flexibility index (Phi) is 6.10. The van der Waals surface area contributed by atoms with Gasteiger partial charge in [0.1, 0.15) is 17.2 Å². The lowest BCUT2D eigenvalue weighted by molar-refractivity contribution is -0.0803. The van der Waals surface area contributed by atoms with E-state index in [1.54, 1.807) is 21.3 Å². The van der Waals surface area contributed by atoms with Gasteiger partial charge < -0.3 is 24.7 Å². The van der Waals surface area contributed by atoms with Crippen molar-refractivity contribution in [1.29, 1.82) is 0 Å². The largest absolute Gasteiger partial charge is 0.496 e. The molecule has 0 radical (unpaired) electrons. The predicted molar refractivity (Wildman–Crippen MR) is 89.5 cm³/mol. The zero-order chi connectivity index (χ0) is 17.0. The smallest absolute Gasteiger partial charge is 0.131 e. The standard InChI is InChI=1S/C17H28N2O4/c1-11-9-19(10-12(2)23-11)14(8-18)17-15(21-4)6-13(20-3)7-16(17)22-5/h6-7,11-12,14H,8-10,18H2,1-5H3/t11-,12+,14-/m1/s1. The van der Waals surface area contributed by atoms with E-state index >= 15 is 0 Å². The molecule has 0 unspecified atom stereocenters. The highest BCUT2D eigenvalue weighted by Crippen LogP contribution is 2.40. The van der Waals surface area contributed by atoms with Gasteiger partial charge in [-0.1, -0.05) is 0 Å². The van der Waals surface area contributed by atoms with Crippen LogP contribution in [-0.2, 0) is 4.74 Å². The minimum Gasteiger partial charge on any atom is -0.496 e. The van der Waals surface area contributed by atoms with Crippen molar-refractivity contribution in [2.45, 2.75) is 32.1 Å². The predicted octanol–water partition coefficient (Wildman–Crippen LogP) is 1.82. The van der Waals surface area contributed by atoms with E-state index in [-0.39, 0.29) is 18.2 Å². The second kappa shape index (κ2) is 7.86. The summed E-state index contributed by atoms with van der Waals surface area (Å²) < 4.78 is 22.3. The van der Waals surface area contributed by atoms with E-state index in [1.807, 2.05) is 12.1 Å². The molecule has 2 rings (SSSR count). The first-order chi connectivity index (χ1) is 11.0. The first-order valence-corrected chi connectivity index (χ1v) is 7.93. The number of hydrogen-bond acceptors (Lipinski definition) is 6. The summed E-state index contributed by atoms with van der Waals surface area (Å²) in [6, 6.07) is 3.74. The Bertz CT molecular complexity index is 488. The number of benzene rings is 1. The van der Waals surface area contributed by atoms with Crippen molar-refractivity contribution in [2.24, 2.45) is 5.73 Å². The summed E-state index contributed by atoms with van der Waals surface area (Å²) in [5, 5.41) is 0. The van der Waals surface area contributed by atoms with Gasteiger partial charge in [-0.3, -0.25) is 4.90 Å². The van der Waals surface area contributed by atoms with E-state index < -0.39 is 0 Å². The Hall–Kier alpha value is -1.50. The molecule has 3 atom stereocenters. The third-order valence-electron chi connectivity index (χ3n) is 4.20. The monoisotopic (exact) mass is 324 g/mol. The summed E-state index contributed by atoms with van der Waals surface area (Å²) in [6.45, 7) is 6.28. The molecule has 1 aliphatic heterocycles. The van der Waals surface area contributed by atoms with E-state index in [0.29, 0.717) is 12.3 Å². The van der Waals surface area contributed by atoms with Crippen LogP contribution < -0.4 is 19.9 Å². The number of nitrogens with zero attached hydrogens (tertiary/aromatic N) is 1. The SMILES string of the molecule is COc1cc(OC)c([C@@H](CN)N2C[C@@H](C)O[C@@H](C)C2)c(OC)c1. The maximum Gasteiger partial charge on any atom is 0.131 e. The fraction of sp³-hybridized carbons (Fsp3) is 0.647. The summed E-state index contributed by atoms with van der Waals surface area (Å²) in [4.78, 5) is 2.34. The van der Waals surface area contributed by atoms with Crippen LogP contribution in [-0.4, -0.2) is 58.1 Å². The van der Waals surface area contributed by atoms with Gasteiger partial charge in [-0.15, -0.1) is 0 Å². The van der Waals surface area contributed by atoms with Crippen molar-refractivity contribution in [3.63, 3.8) is 0 Å². The van der Waals surface area contributed by atoms with Gasteiger partial charge in [0.2, 0.25) is 0 Å². The second-order valence-corrected chi connectivity index (χ2v) is 5.91. The topological polar surface area (TPSA) is 66.2 Å². The van der Waals surface area contributed by atoms with Crippen LogP contribution in [0.4, 0.5) is 0 Å². The van der Waals surface area contributed by atoms with Gasteiger partial charge >= 0.3 is 0 Å². The van der Waals surface area contributed by atoms with Gasteiger partial charge in [0.25, 0.3) is 0 Å². The average molecular weight is 324 g/mol. The molecular weight excluding hydrogens is 296 g/mol. The maximum absolute atomic E-state index is 6.12. The van der Waals surface area contributed by atoms with Crippen molar-refractivity contribution in [1.82, 2.24) is 4.90 Å². The molecule has 0 amide bonds. The molecule has 130 valence electrons. The molecule has 1 aromatic rings. The van der Waals surface area contributed by atoms with Crippen molar-refractivity contribution >= 4 is 0 Å². The highest BCUT2D eigenvalue weighted by Gasteiger charge is 2.32. The minimum atomic E-state index is -0.000365. The molecule has 0 aliphatic carbocycles. The number of hydrogen-bond donors (Lipinski definition) is 1. The summed E-state index contributed by atoms with van der Waals surface area (Å²) in [5.74, 6) is 2.15. The third kappa shape index (κ3) is 3.88. The van der Waals surface area contributed by atoms with Crippen molar-refractivity contribution < 1.29 is 18.9 Å². The normalized spacial score (nSPS) is 23.4. The first kappa shape index (κ1) is 17.8. The van der Waals surface area contributed by atoms with Crippen molar-refractivity contribution in [3.8, 4) is 17.2 Å². The van der Waals surface area contributed by atoms with Crippen LogP contribution in [0.2, 0.25) is 0 Å². The van der Waals surface area contributed by atoms with Gasteiger partial charge in [-0.05, 0) is 13.8 Å². The lowest BCUT2D eigenvalue weighted by Gasteiger charge is -2.40. The molecule has 1 aromatic carbocycles. The Morgan fingerprint density at radius 1 is 1.09 bits per heavy atom. The van der Waals surface area contributed by atoms with Gasteiger partial charge in [-0.2, -0.15) is 0 Å². The van der Waals surface area contributed by atoms with E-state index in [2.05, 4.69) is 18.7 Å². The molecule has 6 heteroatoms. The van der Waals surface area contributed by atoms with E-state index in [4.69, 9.17) is 24.7 Å². The lowest BCUT2D eigenvalue weighted by Crippen LogP contribution is -2.48. The zero-order valence-electron chi connectivity index (χ0n) is 14.7. The first-order valence-electron chi connectivity index (χ1n) is 7.93. The molecule has 6 nitrogen and oxygen atoms in total. The van der Waals surface area contributed by atoms with Crippen LogP contribution in [0.3, 0.4) is 0 Å². The molecule has 0 aromatic heterocycles. The van der Waals surface area contributed by atoms with E-state index in [1.165, 1.54) is 0 Å². The average Bonchev–Trinajstić information content (AvgIpc) is 2.54. The summed E-state index contributed by atoms with van der Waals surface area (Å²) in [6.07, 6.45) is 0.339. The van der Waals surface area contributed by atoms with Crippen LogP contribution in [0.5, 0.6) is 17.2 Å². The van der Waals surface area contributed by atoms with Crippen molar-refractivity contribution in [3.05, 3.63) is 17.7 Å². The van der Waals surface area contributed by atoms with Crippen LogP contribution in [0.25, 0.3) is 0 Å². The Morgan fingerprint density at radius 3 is 2.00 bits per heavy atom. The van der Waals surface area contributed by atoms with Crippen LogP contribution in [0, 0.1) is 0 Å².